The Kier molecular flexibility index (Phi) is 4.27. The first-order chi connectivity index (χ1) is 8.69. The Morgan fingerprint density at radius 3 is 3.00 bits per heavy atom. The fourth-order valence-electron chi connectivity index (χ4n) is 1.24. The number of halogens is 1. The molecule has 0 spiro atoms. The van der Waals surface area contributed by atoms with Crippen molar-refractivity contribution >= 4 is 34.0 Å². The Morgan fingerprint density at radius 1 is 1.50 bits per heavy atom. The van der Waals surface area contributed by atoms with Crippen LogP contribution < -0.4 is 5.32 Å². The first-order valence-corrected chi connectivity index (χ1v) is 6.92. The number of carbonyl (C=O) groups is 1. The third kappa shape index (κ3) is 3.27. The maximum Gasteiger partial charge on any atom is 0.206 e. The molecule has 0 atom stereocenters. The molecule has 0 bridgehead atoms. The number of benzene rings is 1. The second-order valence-corrected chi connectivity index (χ2v) is 5.55. The van der Waals surface area contributed by atoms with Crippen LogP contribution in [0.4, 0.5) is 9.52 Å². The average Bonchev–Trinajstić information content (AvgIpc) is 2.84. The highest BCUT2D eigenvalue weighted by molar-refractivity contribution is 8.01. The van der Waals surface area contributed by atoms with Gasteiger partial charge in [-0.05, 0) is 12.1 Å². The lowest BCUT2D eigenvalue weighted by atomic mass is 10.1. The molecule has 7 heteroatoms. The van der Waals surface area contributed by atoms with Gasteiger partial charge in [0.25, 0.3) is 0 Å². The molecule has 0 aliphatic carbocycles. The van der Waals surface area contributed by atoms with Crippen LogP contribution >= 0.6 is 23.1 Å². The number of thioether (sulfide) groups is 1. The Hall–Kier alpha value is -1.47. The van der Waals surface area contributed by atoms with E-state index in [4.69, 9.17) is 0 Å². The molecule has 1 aromatic heterocycles. The van der Waals surface area contributed by atoms with Crippen LogP contribution in [0.3, 0.4) is 0 Å². The van der Waals surface area contributed by atoms with Gasteiger partial charge >= 0.3 is 0 Å². The maximum atomic E-state index is 13.0. The van der Waals surface area contributed by atoms with Crippen LogP contribution in [0.25, 0.3) is 0 Å². The molecule has 2 aromatic rings. The molecule has 1 aromatic carbocycles. The first-order valence-electron chi connectivity index (χ1n) is 5.12. The minimum absolute atomic E-state index is 0.124. The molecule has 18 heavy (non-hydrogen) atoms. The third-order valence-corrected chi connectivity index (χ3v) is 4.17. The van der Waals surface area contributed by atoms with E-state index >= 15 is 0 Å². The van der Waals surface area contributed by atoms with Gasteiger partial charge in [-0.3, -0.25) is 4.79 Å². The highest BCUT2D eigenvalue weighted by Gasteiger charge is 2.10. The van der Waals surface area contributed by atoms with E-state index in [-0.39, 0.29) is 11.5 Å². The molecule has 0 aliphatic heterocycles. The second-order valence-electron chi connectivity index (χ2n) is 3.35. The van der Waals surface area contributed by atoms with Crippen LogP contribution in [-0.4, -0.2) is 28.8 Å². The summed E-state index contributed by atoms with van der Waals surface area (Å²) in [5.41, 5.74) is 0.376. The van der Waals surface area contributed by atoms with Crippen molar-refractivity contribution in [3.05, 3.63) is 35.6 Å². The predicted octanol–water partition coefficient (Wildman–Crippen LogP) is 2.69. The summed E-state index contributed by atoms with van der Waals surface area (Å²) in [6.07, 6.45) is 0. The number of anilines is 1. The van der Waals surface area contributed by atoms with Crippen LogP contribution in [0.2, 0.25) is 0 Å². The lowest BCUT2D eigenvalue weighted by Crippen LogP contribution is -2.02. The average molecular weight is 283 g/mol. The van der Waals surface area contributed by atoms with Crippen molar-refractivity contribution in [3.63, 3.8) is 0 Å². The van der Waals surface area contributed by atoms with Crippen molar-refractivity contribution in [2.45, 2.75) is 4.34 Å². The Morgan fingerprint density at radius 2 is 2.33 bits per heavy atom. The van der Waals surface area contributed by atoms with Crippen LogP contribution in [0.1, 0.15) is 10.4 Å². The largest absolute Gasteiger partial charge is 0.363 e. The van der Waals surface area contributed by atoms with Gasteiger partial charge in [-0.25, -0.2) is 4.39 Å². The lowest BCUT2D eigenvalue weighted by molar-refractivity contribution is 0.102. The molecule has 0 unspecified atom stereocenters. The topological polar surface area (TPSA) is 54.9 Å². The molecular weight excluding hydrogens is 273 g/mol. The molecule has 4 nitrogen and oxygen atoms in total. The van der Waals surface area contributed by atoms with E-state index in [2.05, 4.69) is 15.5 Å². The first kappa shape index (κ1) is 13.0. The van der Waals surface area contributed by atoms with Crippen LogP contribution in [-0.2, 0) is 0 Å². The van der Waals surface area contributed by atoms with Crippen molar-refractivity contribution in [1.82, 2.24) is 10.2 Å². The molecule has 1 N–H and O–H groups in total. The molecule has 0 aliphatic rings. The van der Waals surface area contributed by atoms with Crippen LogP contribution in [0.15, 0.2) is 28.6 Å². The van der Waals surface area contributed by atoms with Gasteiger partial charge < -0.3 is 5.32 Å². The number of rotatable bonds is 5. The monoisotopic (exact) mass is 283 g/mol. The number of nitrogens with one attached hydrogen (secondary N) is 1. The summed E-state index contributed by atoms with van der Waals surface area (Å²) in [5, 5.41) is 11.4. The van der Waals surface area contributed by atoms with Gasteiger partial charge in [0.15, 0.2) is 10.1 Å². The predicted molar refractivity (Wildman–Crippen MR) is 70.9 cm³/mol. The molecule has 0 radical (unpaired) electrons. The highest BCUT2D eigenvalue weighted by atomic mass is 32.2. The van der Waals surface area contributed by atoms with Crippen LogP contribution in [0, 0.1) is 5.82 Å². The van der Waals surface area contributed by atoms with E-state index in [0.29, 0.717) is 15.0 Å². The zero-order chi connectivity index (χ0) is 13.0. The molecule has 0 fully saturated rings. The third-order valence-electron chi connectivity index (χ3n) is 2.09. The molecular formula is C11H10FN3OS2. The van der Waals surface area contributed by atoms with Gasteiger partial charge in [-0.2, -0.15) is 0 Å². The van der Waals surface area contributed by atoms with E-state index in [0.717, 1.165) is 0 Å². The quantitative estimate of drug-likeness (QED) is 0.675. The number of aromatic nitrogens is 2. The van der Waals surface area contributed by atoms with Crippen molar-refractivity contribution < 1.29 is 9.18 Å². The number of hydrogen-bond donors (Lipinski definition) is 1. The van der Waals surface area contributed by atoms with Gasteiger partial charge in [-0.15, -0.1) is 10.2 Å². The number of Topliss-reactive ketones (excluding diaryl/α,β-unsaturated/α-hetero) is 1. The molecule has 0 amide bonds. The van der Waals surface area contributed by atoms with E-state index in [1.54, 1.807) is 13.1 Å². The standard InChI is InChI=1S/C11H10FN3OS2/c1-13-10-14-15-11(18-10)17-6-9(16)7-3-2-4-8(12)5-7/h2-5H,6H2,1H3,(H,13,14). The summed E-state index contributed by atoms with van der Waals surface area (Å²) in [6, 6.07) is 5.68. The summed E-state index contributed by atoms with van der Waals surface area (Å²) in [5.74, 6) is -0.304. The number of nitrogens with zero attached hydrogens (tertiary/aromatic N) is 2. The summed E-state index contributed by atoms with van der Waals surface area (Å²) < 4.78 is 13.7. The van der Waals surface area contributed by atoms with E-state index in [9.17, 15) is 9.18 Å². The fraction of sp³-hybridized carbons (Fsp3) is 0.182. The van der Waals surface area contributed by atoms with E-state index in [1.165, 1.54) is 41.3 Å². The second kappa shape index (κ2) is 5.92. The van der Waals surface area contributed by atoms with Crippen LogP contribution in [0.5, 0.6) is 0 Å². The number of ketones is 1. The zero-order valence-corrected chi connectivity index (χ0v) is 11.1. The van der Waals surface area contributed by atoms with Crippen molar-refractivity contribution in [2.24, 2.45) is 0 Å². The molecule has 0 saturated heterocycles. The van der Waals surface area contributed by atoms with Crippen molar-refractivity contribution in [3.8, 4) is 0 Å². The Bertz CT molecular complexity index is 559. The minimum Gasteiger partial charge on any atom is -0.363 e. The fourth-order valence-corrected chi connectivity index (χ4v) is 2.84. The Balaban J connectivity index is 1.96. The summed E-state index contributed by atoms with van der Waals surface area (Å²) in [4.78, 5) is 11.8. The van der Waals surface area contributed by atoms with Gasteiger partial charge in [0.05, 0.1) is 5.75 Å². The molecule has 1 heterocycles. The molecule has 94 valence electrons. The van der Waals surface area contributed by atoms with Gasteiger partial charge in [0.1, 0.15) is 5.82 Å². The van der Waals surface area contributed by atoms with Gasteiger partial charge in [0.2, 0.25) is 5.13 Å². The van der Waals surface area contributed by atoms with E-state index < -0.39 is 5.82 Å². The summed E-state index contributed by atoms with van der Waals surface area (Å²) in [7, 11) is 1.76. The smallest absolute Gasteiger partial charge is 0.206 e. The lowest BCUT2D eigenvalue weighted by Gasteiger charge is -1.98. The maximum absolute atomic E-state index is 13.0. The number of carbonyl (C=O) groups excluding carboxylic acids is 1. The van der Waals surface area contributed by atoms with Crippen molar-refractivity contribution in [2.75, 3.05) is 18.1 Å². The molecule has 2 rings (SSSR count). The highest BCUT2D eigenvalue weighted by Crippen LogP contribution is 2.25. The van der Waals surface area contributed by atoms with Crippen molar-refractivity contribution in [1.29, 1.82) is 0 Å². The minimum atomic E-state index is -0.403. The SMILES string of the molecule is CNc1nnc(SCC(=O)c2cccc(F)c2)s1. The molecule has 0 saturated carbocycles. The van der Waals surface area contributed by atoms with Gasteiger partial charge in [-0.1, -0.05) is 35.2 Å². The van der Waals surface area contributed by atoms with Gasteiger partial charge in [0, 0.05) is 12.6 Å². The summed E-state index contributed by atoms with van der Waals surface area (Å²) >= 11 is 2.67. The Labute approximate surface area is 112 Å². The zero-order valence-electron chi connectivity index (χ0n) is 9.51. The number of hydrogen-bond acceptors (Lipinski definition) is 6. The van der Waals surface area contributed by atoms with E-state index in [1.807, 2.05) is 0 Å². The summed E-state index contributed by atoms with van der Waals surface area (Å²) in [6.45, 7) is 0. The normalized spacial score (nSPS) is 10.3.